The SMILES string of the molecule is CC(OCC(=O)O)C1=NCCN1C(C)C(=O)O. The first-order chi connectivity index (χ1) is 7.93. The lowest BCUT2D eigenvalue weighted by atomic mass is 10.2. The topological polar surface area (TPSA) is 99.4 Å². The Morgan fingerprint density at radius 2 is 2.12 bits per heavy atom. The van der Waals surface area contributed by atoms with Crippen LogP contribution in [-0.4, -0.2) is 64.7 Å². The molecule has 0 saturated carbocycles. The van der Waals surface area contributed by atoms with Gasteiger partial charge in [0, 0.05) is 6.54 Å². The van der Waals surface area contributed by atoms with Gasteiger partial charge in [0.05, 0.1) is 6.54 Å². The van der Waals surface area contributed by atoms with E-state index < -0.39 is 30.7 Å². The van der Waals surface area contributed by atoms with Crippen LogP contribution in [0.3, 0.4) is 0 Å². The molecule has 0 saturated heterocycles. The van der Waals surface area contributed by atoms with Crippen molar-refractivity contribution in [1.29, 1.82) is 0 Å². The number of hydrogen-bond acceptors (Lipinski definition) is 5. The van der Waals surface area contributed by atoms with E-state index in [2.05, 4.69) is 4.99 Å². The van der Waals surface area contributed by atoms with Gasteiger partial charge in [-0.2, -0.15) is 0 Å². The zero-order valence-electron chi connectivity index (χ0n) is 9.79. The van der Waals surface area contributed by atoms with Crippen molar-refractivity contribution in [2.45, 2.75) is 26.0 Å². The van der Waals surface area contributed by atoms with E-state index in [0.29, 0.717) is 18.9 Å². The molecule has 0 radical (unpaired) electrons. The van der Waals surface area contributed by atoms with Crippen molar-refractivity contribution in [3.8, 4) is 0 Å². The first-order valence-electron chi connectivity index (χ1n) is 5.30. The highest BCUT2D eigenvalue weighted by Crippen LogP contribution is 2.12. The van der Waals surface area contributed by atoms with Gasteiger partial charge in [-0.1, -0.05) is 0 Å². The summed E-state index contributed by atoms with van der Waals surface area (Å²) in [4.78, 5) is 27.0. The molecule has 0 bridgehead atoms. The van der Waals surface area contributed by atoms with Crippen LogP contribution in [0, 0.1) is 0 Å². The summed E-state index contributed by atoms with van der Waals surface area (Å²) in [5.41, 5.74) is 0. The molecule has 0 amide bonds. The summed E-state index contributed by atoms with van der Waals surface area (Å²) >= 11 is 0. The van der Waals surface area contributed by atoms with Crippen LogP contribution >= 0.6 is 0 Å². The number of nitrogens with zero attached hydrogens (tertiary/aromatic N) is 2. The van der Waals surface area contributed by atoms with Crippen LogP contribution in [0.15, 0.2) is 4.99 Å². The van der Waals surface area contributed by atoms with Gasteiger partial charge in [0.15, 0.2) is 0 Å². The number of aliphatic carboxylic acids is 2. The highest BCUT2D eigenvalue weighted by molar-refractivity contribution is 5.91. The van der Waals surface area contributed by atoms with Gasteiger partial charge >= 0.3 is 11.9 Å². The van der Waals surface area contributed by atoms with E-state index in [9.17, 15) is 9.59 Å². The standard InChI is InChI=1S/C10H16N2O5/c1-6(10(15)16)12-4-3-11-9(12)7(2)17-5-8(13)14/h6-7H,3-5H2,1-2H3,(H,13,14)(H,15,16). The first kappa shape index (κ1) is 13.4. The largest absolute Gasteiger partial charge is 0.480 e. The Bertz CT molecular complexity index is 342. The van der Waals surface area contributed by atoms with Crippen LogP contribution in [0.5, 0.6) is 0 Å². The molecule has 7 heteroatoms. The molecule has 96 valence electrons. The second-order valence-electron chi connectivity index (χ2n) is 3.79. The summed E-state index contributed by atoms with van der Waals surface area (Å²) in [5, 5.41) is 17.4. The molecule has 1 heterocycles. The van der Waals surface area contributed by atoms with Crippen molar-refractivity contribution in [1.82, 2.24) is 4.90 Å². The molecule has 0 fully saturated rings. The van der Waals surface area contributed by atoms with Gasteiger partial charge in [0.2, 0.25) is 0 Å². The normalized spacial score (nSPS) is 18.7. The number of amidine groups is 1. The maximum atomic E-state index is 10.9. The molecule has 1 rings (SSSR count). The lowest BCUT2D eigenvalue weighted by molar-refractivity contribution is -0.144. The van der Waals surface area contributed by atoms with Crippen LogP contribution in [0.2, 0.25) is 0 Å². The lowest BCUT2D eigenvalue weighted by Gasteiger charge is -2.27. The van der Waals surface area contributed by atoms with Crippen molar-refractivity contribution in [2.75, 3.05) is 19.7 Å². The summed E-state index contributed by atoms with van der Waals surface area (Å²) in [7, 11) is 0. The van der Waals surface area contributed by atoms with E-state index in [1.54, 1.807) is 18.7 Å². The quantitative estimate of drug-likeness (QED) is 0.663. The van der Waals surface area contributed by atoms with Gasteiger partial charge in [-0.25, -0.2) is 9.59 Å². The molecule has 1 aliphatic heterocycles. The van der Waals surface area contributed by atoms with E-state index in [1.807, 2.05) is 0 Å². The molecule has 17 heavy (non-hydrogen) atoms. The van der Waals surface area contributed by atoms with Crippen molar-refractivity contribution in [3.05, 3.63) is 0 Å². The monoisotopic (exact) mass is 244 g/mol. The molecule has 0 aromatic carbocycles. The molecule has 1 aliphatic rings. The average Bonchev–Trinajstić information content (AvgIpc) is 2.73. The second-order valence-corrected chi connectivity index (χ2v) is 3.79. The fraction of sp³-hybridized carbons (Fsp3) is 0.700. The zero-order valence-corrected chi connectivity index (χ0v) is 9.79. The minimum absolute atomic E-state index is 0.421. The summed E-state index contributed by atoms with van der Waals surface area (Å²) in [6.45, 7) is 3.83. The Kier molecular flexibility index (Phi) is 4.45. The molecule has 2 atom stereocenters. The highest BCUT2D eigenvalue weighted by Gasteiger charge is 2.30. The predicted molar refractivity (Wildman–Crippen MR) is 59.2 cm³/mol. The first-order valence-corrected chi connectivity index (χ1v) is 5.30. The van der Waals surface area contributed by atoms with Crippen molar-refractivity contribution >= 4 is 17.8 Å². The second kappa shape index (κ2) is 5.62. The minimum Gasteiger partial charge on any atom is -0.480 e. The fourth-order valence-electron chi connectivity index (χ4n) is 1.64. The van der Waals surface area contributed by atoms with E-state index >= 15 is 0 Å². The molecular formula is C10H16N2O5. The molecule has 7 nitrogen and oxygen atoms in total. The van der Waals surface area contributed by atoms with Crippen LogP contribution in [0.1, 0.15) is 13.8 Å². The summed E-state index contributed by atoms with van der Waals surface area (Å²) in [6.07, 6.45) is -0.518. The maximum absolute atomic E-state index is 10.9. The van der Waals surface area contributed by atoms with Gasteiger partial charge in [-0.3, -0.25) is 4.99 Å². The molecular weight excluding hydrogens is 228 g/mol. The Morgan fingerprint density at radius 1 is 1.47 bits per heavy atom. The molecule has 0 spiro atoms. The number of ether oxygens (including phenoxy) is 1. The zero-order chi connectivity index (χ0) is 13.0. The third-order valence-electron chi connectivity index (χ3n) is 2.55. The van der Waals surface area contributed by atoms with Crippen LogP contribution in [0.25, 0.3) is 0 Å². The summed E-state index contributed by atoms with van der Waals surface area (Å²) < 4.78 is 5.08. The van der Waals surface area contributed by atoms with Crippen molar-refractivity contribution in [2.24, 2.45) is 4.99 Å². The Hall–Kier alpha value is -1.63. The minimum atomic E-state index is -1.06. The Morgan fingerprint density at radius 3 is 2.65 bits per heavy atom. The molecule has 0 aromatic heterocycles. The van der Waals surface area contributed by atoms with Crippen molar-refractivity contribution < 1.29 is 24.5 Å². The number of carboxylic acid groups (broad SMARTS) is 2. The van der Waals surface area contributed by atoms with E-state index in [1.165, 1.54) is 0 Å². The third kappa shape index (κ3) is 3.42. The fourth-order valence-corrected chi connectivity index (χ4v) is 1.64. The smallest absolute Gasteiger partial charge is 0.329 e. The molecule has 0 aromatic rings. The summed E-state index contributed by atoms with van der Waals surface area (Å²) in [5.74, 6) is -1.50. The predicted octanol–water partition coefficient (Wildman–Crippen LogP) is -0.337. The van der Waals surface area contributed by atoms with E-state index in [4.69, 9.17) is 14.9 Å². The summed E-state index contributed by atoms with van der Waals surface area (Å²) in [6, 6.07) is -0.688. The van der Waals surface area contributed by atoms with Gasteiger partial charge in [-0.05, 0) is 13.8 Å². The number of carbonyl (C=O) groups is 2. The molecule has 2 unspecified atom stereocenters. The Labute approximate surface area is 98.7 Å². The van der Waals surface area contributed by atoms with Crippen LogP contribution in [0.4, 0.5) is 0 Å². The van der Waals surface area contributed by atoms with Gasteiger partial charge in [0.1, 0.15) is 24.6 Å². The number of hydrogen-bond donors (Lipinski definition) is 2. The van der Waals surface area contributed by atoms with Gasteiger partial charge < -0.3 is 19.8 Å². The average molecular weight is 244 g/mol. The van der Waals surface area contributed by atoms with Crippen LogP contribution in [-0.2, 0) is 14.3 Å². The van der Waals surface area contributed by atoms with Crippen LogP contribution < -0.4 is 0 Å². The molecule has 0 aliphatic carbocycles. The number of carboxylic acids is 2. The highest BCUT2D eigenvalue weighted by atomic mass is 16.5. The van der Waals surface area contributed by atoms with Crippen molar-refractivity contribution in [3.63, 3.8) is 0 Å². The maximum Gasteiger partial charge on any atom is 0.329 e. The number of aliphatic imine (C=N–C) groups is 1. The number of rotatable bonds is 6. The third-order valence-corrected chi connectivity index (χ3v) is 2.55. The van der Waals surface area contributed by atoms with Gasteiger partial charge in [0.25, 0.3) is 0 Å². The van der Waals surface area contributed by atoms with E-state index in [0.717, 1.165) is 0 Å². The van der Waals surface area contributed by atoms with E-state index in [-0.39, 0.29) is 0 Å². The Balaban J connectivity index is 2.62. The molecule has 2 N–H and O–H groups in total. The van der Waals surface area contributed by atoms with Gasteiger partial charge in [-0.15, -0.1) is 0 Å². The lowest BCUT2D eigenvalue weighted by Crippen LogP contribution is -2.45.